The molecule has 0 spiro atoms. The summed E-state index contributed by atoms with van der Waals surface area (Å²) >= 11 is 0.933. The van der Waals surface area contributed by atoms with E-state index in [0.717, 1.165) is 0 Å². The Hall–Kier alpha value is 1.14. The van der Waals surface area contributed by atoms with Gasteiger partial charge in [0, 0.05) is 0 Å². The third-order valence-electron chi connectivity index (χ3n) is 0.607. The van der Waals surface area contributed by atoms with Gasteiger partial charge in [-0.3, -0.25) is 0 Å². The van der Waals surface area contributed by atoms with Crippen molar-refractivity contribution in [3.05, 3.63) is 0 Å². The molecule has 0 radical (unpaired) electrons. The Morgan fingerprint density at radius 1 is 1.50 bits per heavy atom. The fraction of sp³-hybridized carbons (Fsp3) is 1.00. The van der Waals surface area contributed by atoms with Gasteiger partial charge < -0.3 is 0 Å². The average Bonchev–Trinajstić information content (AvgIpc) is 1.84. The molecule has 0 saturated heterocycles. The Morgan fingerprint density at radius 2 is 2.00 bits per heavy atom. The second-order valence-corrected chi connectivity index (χ2v) is 4.56. The average molecular weight is 385 g/mol. The van der Waals surface area contributed by atoms with Gasteiger partial charge in [-0.1, -0.05) is 0 Å². The summed E-state index contributed by atoms with van der Waals surface area (Å²) in [4.78, 5) is 0. The van der Waals surface area contributed by atoms with Crippen molar-refractivity contribution in [3.8, 4) is 0 Å². The number of alkyl halides is 4. The third-order valence-corrected chi connectivity index (χ3v) is 2.73. The summed E-state index contributed by atoms with van der Waals surface area (Å²) in [6.07, 6.45) is -3.63. The van der Waals surface area contributed by atoms with Crippen LogP contribution in [-0.4, -0.2) is 19.0 Å². The van der Waals surface area contributed by atoms with Gasteiger partial charge in [0.25, 0.3) is 0 Å². The molecule has 0 saturated carbocycles. The Bertz CT molecular complexity index is 98.5. The maximum absolute atomic E-state index is 11.9. The maximum atomic E-state index is 11.9. The van der Waals surface area contributed by atoms with Crippen LogP contribution < -0.4 is 17.6 Å². The summed E-state index contributed by atoms with van der Waals surface area (Å²) in [7, 11) is 0. The number of hydrogen-bond acceptors (Lipinski definition) is 1. The van der Waals surface area contributed by atoms with Crippen LogP contribution in [0.1, 0.15) is 0 Å². The second-order valence-electron chi connectivity index (χ2n) is 1.37. The van der Waals surface area contributed by atoms with Crippen molar-refractivity contribution < 1.29 is 38.3 Å². The number of hydrogen-bond donors (Lipinski definition) is 0. The van der Waals surface area contributed by atoms with E-state index in [1.54, 1.807) is 18.6 Å². The number of halogens is 6. The van der Waals surface area contributed by atoms with Gasteiger partial charge in [0.2, 0.25) is 0 Å². The Balaban J connectivity index is 3.63. The normalized spacial score (nSPS) is 13.0. The minimum atomic E-state index is -3.98. The van der Waals surface area contributed by atoms with E-state index in [2.05, 4.69) is 3.07 Å². The molecule has 0 fully saturated rings. The molecule has 0 unspecified atom stereocenters. The molecule has 7 heteroatoms. The van der Waals surface area contributed by atoms with Crippen LogP contribution in [0.5, 0.6) is 0 Å². The minimum absolute atomic E-state index is 0.827. The number of rotatable bonds is 4. The standard InChI is InChI=1S/C3H3F4I2O/c4-2(5)3(6,7)1-10-9-8/h2H,1H2/q-1. The molecule has 0 amide bonds. The first-order valence-electron chi connectivity index (χ1n) is 2.04. The fourth-order valence-corrected chi connectivity index (χ4v) is 1.48. The second kappa shape index (κ2) is 4.91. The van der Waals surface area contributed by atoms with E-state index in [4.69, 9.17) is 0 Å². The van der Waals surface area contributed by atoms with Crippen LogP contribution in [0.2, 0.25) is 0 Å². The monoisotopic (exact) mass is 385 g/mol. The van der Waals surface area contributed by atoms with Crippen LogP contribution in [0.25, 0.3) is 0 Å². The molecule has 0 aliphatic carbocycles. The van der Waals surface area contributed by atoms with Crippen molar-refractivity contribution in [3.63, 3.8) is 0 Å². The molecule has 0 N–H and O–H groups in total. The predicted octanol–water partition coefficient (Wildman–Crippen LogP) is -0.743. The molecule has 0 aromatic rings. The zero-order chi connectivity index (χ0) is 8.20. The van der Waals surface area contributed by atoms with Gasteiger partial charge in [-0.25, -0.2) is 0 Å². The van der Waals surface area contributed by atoms with E-state index in [9.17, 15) is 17.6 Å². The first-order valence-corrected chi connectivity index (χ1v) is 9.21. The third kappa shape index (κ3) is 4.11. The molecular formula is C3H3F4I2O-. The van der Waals surface area contributed by atoms with Crippen molar-refractivity contribution in [2.75, 3.05) is 6.61 Å². The molecule has 0 atom stereocenters. The first-order chi connectivity index (χ1) is 4.50. The first kappa shape index (κ1) is 11.1. The Morgan fingerprint density at radius 3 is 2.30 bits per heavy atom. The summed E-state index contributed by atoms with van der Waals surface area (Å²) in [5.41, 5.74) is 0. The zero-order valence-electron chi connectivity index (χ0n) is 4.46. The van der Waals surface area contributed by atoms with Gasteiger partial charge in [0.15, 0.2) is 0 Å². The topological polar surface area (TPSA) is 9.23 Å². The molecule has 0 aromatic heterocycles. The predicted molar refractivity (Wildman–Crippen MR) is 30.9 cm³/mol. The van der Waals surface area contributed by atoms with Crippen molar-refractivity contribution in [1.29, 1.82) is 0 Å². The van der Waals surface area contributed by atoms with Gasteiger partial charge in [-0.05, 0) is 0 Å². The van der Waals surface area contributed by atoms with E-state index in [0.29, 0.717) is 0 Å². The molecule has 10 heavy (non-hydrogen) atoms. The molecule has 0 heterocycles. The summed E-state index contributed by atoms with van der Waals surface area (Å²) in [6.45, 7) is -1.17. The van der Waals surface area contributed by atoms with Crippen molar-refractivity contribution in [2.45, 2.75) is 12.3 Å². The molecule has 1 nitrogen and oxygen atoms in total. The van der Waals surface area contributed by atoms with Crippen LogP contribution in [0.3, 0.4) is 0 Å². The van der Waals surface area contributed by atoms with Crippen LogP contribution in [0.4, 0.5) is 17.6 Å². The van der Waals surface area contributed by atoms with Crippen LogP contribution in [0, 0.1) is 0 Å². The van der Waals surface area contributed by atoms with Gasteiger partial charge >= 0.3 is 75.8 Å². The summed E-state index contributed by atoms with van der Waals surface area (Å²) in [6, 6.07) is 0. The quantitative estimate of drug-likeness (QED) is 0.458. The van der Waals surface area contributed by atoms with Crippen molar-refractivity contribution >= 4 is 18.6 Å². The van der Waals surface area contributed by atoms with Crippen LogP contribution in [-0.2, 0) is 3.07 Å². The fourth-order valence-electron chi connectivity index (χ4n) is 0.156. The van der Waals surface area contributed by atoms with Crippen LogP contribution in [0.15, 0.2) is 0 Å². The van der Waals surface area contributed by atoms with Crippen molar-refractivity contribution in [2.24, 2.45) is 0 Å². The molecule has 0 rings (SSSR count). The van der Waals surface area contributed by atoms with Gasteiger partial charge in [0.1, 0.15) is 0 Å². The van der Waals surface area contributed by atoms with E-state index >= 15 is 0 Å². The SMILES string of the molecule is FC(F)C(F)(F)CO[I-]I. The summed E-state index contributed by atoms with van der Waals surface area (Å²) < 4.78 is 50.6. The molecular weight excluding hydrogens is 382 g/mol. The Kier molecular flexibility index (Phi) is 5.47. The van der Waals surface area contributed by atoms with Crippen molar-refractivity contribution in [1.82, 2.24) is 0 Å². The van der Waals surface area contributed by atoms with E-state index < -0.39 is 36.6 Å². The molecule has 0 bridgehead atoms. The van der Waals surface area contributed by atoms with Gasteiger partial charge in [-0.15, -0.1) is 0 Å². The molecule has 0 aliphatic heterocycles. The molecule has 0 aliphatic rings. The molecule has 64 valence electrons. The summed E-state index contributed by atoms with van der Waals surface area (Å²) in [5.74, 6) is -3.98. The molecule has 0 aromatic carbocycles. The summed E-state index contributed by atoms with van der Waals surface area (Å²) in [5, 5.41) is 0. The van der Waals surface area contributed by atoms with E-state index in [1.165, 1.54) is 0 Å². The van der Waals surface area contributed by atoms with Gasteiger partial charge in [-0.2, -0.15) is 0 Å². The van der Waals surface area contributed by atoms with Gasteiger partial charge in [0.05, 0.1) is 0 Å². The van der Waals surface area contributed by atoms with E-state index in [1.807, 2.05) is 0 Å². The zero-order valence-corrected chi connectivity index (χ0v) is 8.78. The van der Waals surface area contributed by atoms with E-state index in [-0.39, 0.29) is 0 Å². The Labute approximate surface area is 75.5 Å². The van der Waals surface area contributed by atoms with Crippen LogP contribution >= 0.6 is 18.6 Å².